The molecule has 0 aliphatic rings. The van der Waals surface area contributed by atoms with Crippen molar-refractivity contribution in [2.45, 2.75) is 0 Å². The first-order valence-corrected chi connectivity index (χ1v) is 0. The molecule has 0 aromatic carbocycles. The molecule has 0 heterocycles. The summed E-state index contributed by atoms with van der Waals surface area (Å²) in [6, 6.07) is 0. The van der Waals surface area contributed by atoms with Gasteiger partial charge in [-0.05, 0) is 0 Å². The van der Waals surface area contributed by atoms with Crippen LogP contribution in [0.2, 0.25) is 0 Å². The van der Waals surface area contributed by atoms with E-state index in [1.165, 1.54) is 0 Å². The molecular weight excluding hydrogens is 111 g/mol. The average Bonchev–Trinajstić information content (AvgIpc) is 0. The maximum atomic E-state index is 0. The van der Waals surface area contributed by atoms with Crippen LogP contribution in [-0.2, 0) is 19.0 Å². The minimum atomic E-state index is 0. The van der Waals surface area contributed by atoms with E-state index in [9.17, 15) is 0 Å². The standard InChI is InChI=1S/Ca.Na.O.H2S/h;;;1H2/q+2;+1;-2;/p-1. The zero-order chi connectivity index (χ0) is 0. The zero-order valence-electron chi connectivity index (χ0n) is 2.56. The predicted octanol–water partition coefficient (Wildman–Crippen LogP) is -3.77. The van der Waals surface area contributed by atoms with Gasteiger partial charge >= 0.3 is 67.3 Å². The molecule has 0 unspecified atom stereocenters. The Bertz CT molecular complexity index is 8.00. The Labute approximate surface area is 84.6 Å². The largest absolute Gasteiger partial charge is 2.00 e. The van der Waals surface area contributed by atoms with E-state index < -0.39 is 0 Å². The van der Waals surface area contributed by atoms with Crippen LogP contribution in [0.4, 0.5) is 0 Å². The molecule has 0 aliphatic carbocycles. The van der Waals surface area contributed by atoms with Gasteiger partial charge in [-0.15, -0.1) is 0 Å². The third-order valence-corrected chi connectivity index (χ3v) is 0. The second-order valence-electron chi connectivity index (χ2n) is 0. The second kappa shape index (κ2) is 17.6. The fourth-order valence-corrected chi connectivity index (χ4v) is 0. The maximum Gasteiger partial charge on any atom is 2.00 e. The summed E-state index contributed by atoms with van der Waals surface area (Å²) in [5.41, 5.74) is 0. The van der Waals surface area contributed by atoms with Gasteiger partial charge in [0.05, 0.1) is 0 Å². The summed E-state index contributed by atoms with van der Waals surface area (Å²) >= 11 is 0. The minimum Gasteiger partial charge on any atom is -2.00 e. The van der Waals surface area contributed by atoms with Gasteiger partial charge < -0.3 is 19.0 Å². The van der Waals surface area contributed by atoms with Gasteiger partial charge in [0.1, 0.15) is 0 Å². The molecule has 0 N–H and O–H groups in total. The van der Waals surface area contributed by atoms with Crippen LogP contribution in [0, 0.1) is 0 Å². The van der Waals surface area contributed by atoms with Gasteiger partial charge in [-0.2, -0.15) is 0 Å². The summed E-state index contributed by atoms with van der Waals surface area (Å²) in [6.45, 7) is 0. The Balaban J connectivity index is 0. The molecule has 0 rings (SSSR count). The molecule has 0 aromatic rings. The molecule has 4 heteroatoms. The molecule has 0 saturated carbocycles. The fourth-order valence-electron chi connectivity index (χ4n) is 0. The number of hydrogen-bond donors (Lipinski definition) is 0. The fraction of sp³-hybridized carbons (Fsp3) is 0. The SMILES string of the molecule is [Ca+2].[Na+].[O-2].[SH-]. The first-order valence-electron chi connectivity index (χ1n) is 0. The van der Waals surface area contributed by atoms with Crippen molar-refractivity contribution in [3.8, 4) is 0 Å². The van der Waals surface area contributed by atoms with Crippen molar-refractivity contribution >= 4 is 51.2 Å². The Morgan fingerprint density at radius 1 is 1.00 bits per heavy atom. The average molecular weight is 112 g/mol. The van der Waals surface area contributed by atoms with Crippen LogP contribution in [0.15, 0.2) is 0 Å². The summed E-state index contributed by atoms with van der Waals surface area (Å²) in [7, 11) is 0. The van der Waals surface area contributed by atoms with Crippen molar-refractivity contribution in [2.24, 2.45) is 0 Å². The molecular formula is HCaNaOS. The van der Waals surface area contributed by atoms with Gasteiger partial charge in [0, 0.05) is 0 Å². The molecule has 16 valence electrons. The molecule has 0 saturated heterocycles. The van der Waals surface area contributed by atoms with Crippen LogP contribution in [-0.4, -0.2) is 37.7 Å². The van der Waals surface area contributed by atoms with E-state index in [1.807, 2.05) is 0 Å². The van der Waals surface area contributed by atoms with E-state index in [2.05, 4.69) is 0 Å². The van der Waals surface area contributed by atoms with Gasteiger partial charge in [-0.1, -0.05) is 0 Å². The van der Waals surface area contributed by atoms with E-state index in [0.717, 1.165) is 0 Å². The van der Waals surface area contributed by atoms with E-state index in [0.29, 0.717) is 0 Å². The quantitative estimate of drug-likeness (QED) is 0.180. The van der Waals surface area contributed by atoms with E-state index in [-0.39, 0.29) is 86.3 Å². The van der Waals surface area contributed by atoms with Crippen LogP contribution >= 0.6 is 0 Å². The summed E-state index contributed by atoms with van der Waals surface area (Å²) in [6.07, 6.45) is 0. The van der Waals surface area contributed by atoms with Crippen molar-refractivity contribution in [3.63, 3.8) is 0 Å². The minimum absolute atomic E-state index is 0. The van der Waals surface area contributed by atoms with Crippen LogP contribution in [0.3, 0.4) is 0 Å². The molecule has 0 atom stereocenters. The van der Waals surface area contributed by atoms with Crippen LogP contribution in [0.1, 0.15) is 0 Å². The van der Waals surface area contributed by atoms with Crippen molar-refractivity contribution in [3.05, 3.63) is 0 Å². The van der Waals surface area contributed by atoms with Crippen molar-refractivity contribution in [1.82, 2.24) is 0 Å². The van der Waals surface area contributed by atoms with Crippen molar-refractivity contribution in [1.29, 1.82) is 0 Å². The molecule has 0 spiro atoms. The molecule has 0 bridgehead atoms. The number of hydrogen-bond acceptors (Lipinski definition) is 1. The zero-order valence-corrected chi connectivity index (χ0v) is 7.67. The normalized spacial score (nSPS) is 0. The third-order valence-electron chi connectivity index (χ3n) is 0. The van der Waals surface area contributed by atoms with Gasteiger partial charge in [-0.3, -0.25) is 0 Å². The van der Waals surface area contributed by atoms with Gasteiger partial charge in [-0.25, -0.2) is 0 Å². The third kappa shape index (κ3) is 8.82. The molecule has 0 fully saturated rings. The molecule has 4 heavy (non-hydrogen) atoms. The van der Waals surface area contributed by atoms with Crippen molar-refractivity contribution < 1.29 is 35.0 Å². The summed E-state index contributed by atoms with van der Waals surface area (Å²) in [5.74, 6) is 0. The molecule has 0 amide bonds. The Morgan fingerprint density at radius 3 is 1.00 bits per heavy atom. The van der Waals surface area contributed by atoms with Gasteiger partial charge in [0.2, 0.25) is 0 Å². The van der Waals surface area contributed by atoms with E-state index >= 15 is 0 Å². The van der Waals surface area contributed by atoms with E-state index in [4.69, 9.17) is 0 Å². The predicted molar refractivity (Wildman–Crippen MR) is 15.2 cm³/mol. The van der Waals surface area contributed by atoms with Crippen LogP contribution < -0.4 is 29.6 Å². The topological polar surface area (TPSA) is 28.5 Å². The first-order chi connectivity index (χ1) is 0. The molecule has 1 nitrogen and oxygen atoms in total. The Morgan fingerprint density at radius 2 is 1.00 bits per heavy atom. The van der Waals surface area contributed by atoms with Crippen LogP contribution in [0.5, 0.6) is 0 Å². The van der Waals surface area contributed by atoms with Crippen molar-refractivity contribution in [2.75, 3.05) is 0 Å². The molecule has 0 radical (unpaired) electrons. The smallest absolute Gasteiger partial charge is 2.00 e. The second-order valence-corrected chi connectivity index (χ2v) is 0. The molecule has 0 aromatic heterocycles. The summed E-state index contributed by atoms with van der Waals surface area (Å²) < 4.78 is 0. The first kappa shape index (κ1) is 30.9. The summed E-state index contributed by atoms with van der Waals surface area (Å²) in [4.78, 5) is 0. The number of rotatable bonds is 0. The maximum absolute atomic E-state index is 0. The monoisotopic (exact) mass is 112 g/mol. The Hall–Kier alpha value is 2.57. The summed E-state index contributed by atoms with van der Waals surface area (Å²) in [5, 5.41) is 0. The Kier molecular flexibility index (Phi) is 136. The number of thiol groups is 1. The van der Waals surface area contributed by atoms with E-state index in [1.54, 1.807) is 0 Å². The van der Waals surface area contributed by atoms with Crippen LogP contribution in [0.25, 0.3) is 0 Å². The van der Waals surface area contributed by atoms with Gasteiger partial charge in [0.15, 0.2) is 0 Å². The molecule has 0 aliphatic heterocycles. The van der Waals surface area contributed by atoms with Gasteiger partial charge in [0.25, 0.3) is 0 Å².